The van der Waals surface area contributed by atoms with Gasteiger partial charge in [0.2, 0.25) is 0 Å². The predicted molar refractivity (Wildman–Crippen MR) is 67.9 cm³/mol. The van der Waals surface area contributed by atoms with Gasteiger partial charge in [0.1, 0.15) is 12.4 Å². The number of ether oxygens (including phenoxy) is 1. The van der Waals surface area contributed by atoms with E-state index >= 15 is 0 Å². The number of nitrogens with zero attached hydrogens (tertiary/aromatic N) is 2. The lowest BCUT2D eigenvalue weighted by molar-refractivity contribution is -0.139. The van der Waals surface area contributed by atoms with Gasteiger partial charge in [-0.1, -0.05) is 0 Å². The molecule has 1 aromatic rings. The van der Waals surface area contributed by atoms with Gasteiger partial charge in [0.25, 0.3) is 0 Å². The lowest BCUT2D eigenvalue weighted by Crippen LogP contribution is -2.37. The van der Waals surface area contributed by atoms with Gasteiger partial charge in [0, 0.05) is 6.04 Å². The van der Waals surface area contributed by atoms with Crippen LogP contribution in [0.4, 0.5) is 11.5 Å². The van der Waals surface area contributed by atoms with Gasteiger partial charge in [0.15, 0.2) is 0 Å². The third-order valence-corrected chi connectivity index (χ3v) is 2.49. The Balaban J connectivity index is 3.01. The Hall–Kier alpha value is -1.78. The molecule has 0 amide bonds. The number of methoxy groups -OCH3 is 1. The van der Waals surface area contributed by atoms with Crippen molar-refractivity contribution in [3.05, 3.63) is 17.8 Å². The highest BCUT2D eigenvalue weighted by Gasteiger charge is 2.18. The zero-order chi connectivity index (χ0) is 13.0. The molecule has 1 aromatic heterocycles. The number of aryl methyl sites for hydroxylation is 1. The summed E-state index contributed by atoms with van der Waals surface area (Å²) in [6, 6.07) is 2.00. The van der Waals surface area contributed by atoms with E-state index in [-0.39, 0.29) is 18.6 Å². The molecule has 0 aromatic carbocycles. The number of esters is 1. The minimum atomic E-state index is -0.281. The van der Waals surface area contributed by atoms with Crippen molar-refractivity contribution in [3.8, 4) is 0 Å². The van der Waals surface area contributed by atoms with E-state index in [1.807, 2.05) is 31.7 Å². The Labute approximate surface area is 102 Å². The Morgan fingerprint density at radius 2 is 2.24 bits per heavy atom. The number of nitrogens with two attached hydrogens (primary N) is 1. The molecule has 94 valence electrons. The van der Waals surface area contributed by atoms with Crippen LogP contribution in [-0.2, 0) is 9.53 Å². The van der Waals surface area contributed by atoms with Crippen LogP contribution in [-0.4, -0.2) is 30.6 Å². The van der Waals surface area contributed by atoms with Crippen LogP contribution < -0.4 is 10.6 Å². The molecule has 0 radical (unpaired) electrons. The summed E-state index contributed by atoms with van der Waals surface area (Å²) in [6.45, 7) is 6.11. The van der Waals surface area contributed by atoms with Gasteiger partial charge in [-0.05, 0) is 32.4 Å². The van der Waals surface area contributed by atoms with Crippen molar-refractivity contribution in [1.29, 1.82) is 0 Å². The highest BCUT2D eigenvalue weighted by atomic mass is 16.5. The highest BCUT2D eigenvalue weighted by Crippen LogP contribution is 2.20. The number of carbonyl (C=O) groups is 1. The summed E-state index contributed by atoms with van der Waals surface area (Å²) in [5.74, 6) is 0.483. The van der Waals surface area contributed by atoms with Crippen molar-refractivity contribution in [2.45, 2.75) is 26.8 Å². The van der Waals surface area contributed by atoms with E-state index in [4.69, 9.17) is 5.73 Å². The first-order chi connectivity index (χ1) is 7.95. The average molecular weight is 237 g/mol. The summed E-state index contributed by atoms with van der Waals surface area (Å²) in [6.07, 6.45) is 1.59. The predicted octanol–water partition coefficient (Wildman–Crippen LogP) is 1.36. The molecule has 1 rings (SSSR count). The lowest BCUT2D eigenvalue weighted by atomic mass is 10.2. The van der Waals surface area contributed by atoms with Gasteiger partial charge in [-0.3, -0.25) is 4.79 Å². The Morgan fingerprint density at radius 1 is 1.59 bits per heavy atom. The van der Waals surface area contributed by atoms with Gasteiger partial charge >= 0.3 is 5.97 Å². The molecule has 5 heteroatoms. The fourth-order valence-corrected chi connectivity index (χ4v) is 1.60. The Kier molecular flexibility index (Phi) is 4.31. The zero-order valence-electron chi connectivity index (χ0n) is 10.7. The molecule has 0 spiro atoms. The number of rotatable bonds is 4. The fraction of sp³-hybridized carbons (Fsp3) is 0.500. The van der Waals surface area contributed by atoms with Crippen LogP contribution in [0.5, 0.6) is 0 Å². The minimum absolute atomic E-state index is 0.156. The Bertz CT molecular complexity index is 405. The Morgan fingerprint density at radius 3 is 2.71 bits per heavy atom. The second kappa shape index (κ2) is 5.52. The zero-order valence-corrected chi connectivity index (χ0v) is 10.7. The molecule has 0 aliphatic heterocycles. The largest absolute Gasteiger partial charge is 0.468 e. The van der Waals surface area contributed by atoms with Crippen molar-refractivity contribution in [3.63, 3.8) is 0 Å². The third kappa shape index (κ3) is 3.34. The van der Waals surface area contributed by atoms with Crippen LogP contribution in [0.3, 0.4) is 0 Å². The minimum Gasteiger partial charge on any atom is -0.468 e. The molecule has 17 heavy (non-hydrogen) atoms. The molecule has 0 bridgehead atoms. The summed E-state index contributed by atoms with van der Waals surface area (Å²) in [5.41, 5.74) is 7.22. The SMILES string of the molecule is COC(=O)CN(c1ncc(N)cc1C)C(C)C. The first-order valence-corrected chi connectivity index (χ1v) is 5.51. The summed E-state index contributed by atoms with van der Waals surface area (Å²) in [4.78, 5) is 17.5. The number of aromatic nitrogens is 1. The number of carbonyl (C=O) groups excluding carboxylic acids is 1. The maximum absolute atomic E-state index is 11.4. The van der Waals surface area contributed by atoms with Gasteiger partial charge in [0.05, 0.1) is 19.0 Å². The topological polar surface area (TPSA) is 68.5 Å². The van der Waals surface area contributed by atoms with Crippen molar-refractivity contribution >= 4 is 17.5 Å². The fourth-order valence-electron chi connectivity index (χ4n) is 1.60. The second-order valence-electron chi connectivity index (χ2n) is 4.21. The molecule has 5 nitrogen and oxygen atoms in total. The summed E-state index contributed by atoms with van der Waals surface area (Å²) < 4.78 is 4.68. The van der Waals surface area contributed by atoms with Crippen LogP contribution in [0.1, 0.15) is 19.4 Å². The molecule has 0 fully saturated rings. The monoisotopic (exact) mass is 237 g/mol. The third-order valence-electron chi connectivity index (χ3n) is 2.49. The number of pyridine rings is 1. The van der Waals surface area contributed by atoms with Gasteiger partial charge < -0.3 is 15.4 Å². The van der Waals surface area contributed by atoms with Gasteiger partial charge in [-0.25, -0.2) is 4.98 Å². The first kappa shape index (κ1) is 13.3. The van der Waals surface area contributed by atoms with Crippen LogP contribution in [0.25, 0.3) is 0 Å². The van der Waals surface area contributed by atoms with E-state index in [0.717, 1.165) is 11.4 Å². The second-order valence-corrected chi connectivity index (χ2v) is 4.21. The summed E-state index contributed by atoms with van der Waals surface area (Å²) >= 11 is 0. The number of nitrogen functional groups attached to an aromatic ring is 1. The van der Waals surface area contributed by atoms with Gasteiger partial charge in [-0.15, -0.1) is 0 Å². The molecule has 2 N–H and O–H groups in total. The smallest absolute Gasteiger partial charge is 0.325 e. The number of anilines is 2. The van der Waals surface area contributed by atoms with Crippen LogP contribution >= 0.6 is 0 Å². The summed E-state index contributed by atoms with van der Waals surface area (Å²) in [5, 5.41) is 0. The number of hydrogen-bond acceptors (Lipinski definition) is 5. The molecule has 0 saturated carbocycles. The van der Waals surface area contributed by atoms with Crippen molar-refractivity contribution in [1.82, 2.24) is 4.98 Å². The average Bonchev–Trinajstić information content (AvgIpc) is 2.26. The van der Waals surface area contributed by atoms with E-state index in [1.54, 1.807) is 6.20 Å². The van der Waals surface area contributed by atoms with Crippen molar-refractivity contribution < 1.29 is 9.53 Å². The quantitative estimate of drug-likeness (QED) is 0.801. The molecular formula is C12H19N3O2. The molecule has 0 aliphatic rings. The van der Waals surface area contributed by atoms with Crippen LogP contribution in [0, 0.1) is 6.92 Å². The number of hydrogen-bond donors (Lipinski definition) is 1. The molecule has 1 heterocycles. The van der Waals surface area contributed by atoms with Gasteiger partial charge in [-0.2, -0.15) is 0 Å². The van der Waals surface area contributed by atoms with Crippen LogP contribution in [0.2, 0.25) is 0 Å². The summed E-state index contributed by atoms with van der Waals surface area (Å²) in [7, 11) is 1.38. The molecular weight excluding hydrogens is 218 g/mol. The van der Waals surface area contributed by atoms with E-state index in [0.29, 0.717) is 5.69 Å². The van der Waals surface area contributed by atoms with E-state index in [1.165, 1.54) is 7.11 Å². The maximum Gasteiger partial charge on any atom is 0.325 e. The van der Waals surface area contributed by atoms with E-state index < -0.39 is 0 Å². The highest BCUT2D eigenvalue weighted by molar-refractivity contribution is 5.76. The lowest BCUT2D eigenvalue weighted by Gasteiger charge is -2.28. The molecule has 0 aliphatic carbocycles. The van der Waals surface area contributed by atoms with Crippen LogP contribution in [0.15, 0.2) is 12.3 Å². The first-order valence-electron chi connectivity index (χ1n) is 5.51. The molecule has 0 saturated heterocycles. The standard InChI is InChI=1S/C12H19N3O2/c1-8(2)15(7-11(16)17-4)12-9(3)5-10(13)6-14-12/h5-6,8H,7,13H2,1-4H3. The normalized spacial score (nSPS) is 10.4. The molecule has 0 atom stereocenters. The molecule has 0 unspecified atom stereocenters. The van der Waals surface area contributed by atoms with E-state index in [9.17, 15) is 4.79 Å². The van der Waals surface area contributed by atoms with E-state index in [2.05, 4.69) is 9.72 Å². The maximum atomic E-state index is 11.4. The van der Waals surface area contributed by atoms with Crippen molar-refractivity contribution in [2.24, 2.45) is 0 Å². The van der Waals surface area contributed by atoms with Crippen molar-refractivity contribution in [2.75, 3.05) is 24.3 Å².